The molecule has 3 saturated heterocycles. The van der Waals surface area contributed by atoms with Gasteiger partial charge >= 0.3 is 0 Å². The van der Waals surface area contributed by atoms with Crippen LogP contribution >= 0.6 is 11.8 Å². The molecule has 0 aliphatic carbocycles. The largest absolute Gasteiger partial charge is 0.381 e. The molecule has 0 unspecified atom stereocenters. The van der Waals surface area contributed by atoms with Crippen molar-refractivity contribution < 1.29 is 14.3 Å². The van der Waals surface area contributed by atoms with Crippen molar-refractivity contribution >= 4 is 17.7 Å². The third kappa shape index (κ3) is 4.90. The molecule has 8 heteroatoms. The normalized spacial score (nSPS) is 22.1. The highest BCUT2D eigenvalue weighted by Crippen LogP contribution is 2.44. The molecular weight excluding hydrogens is 460 g/mol. The zero-order valence-corrected chi connectivity index (χ0v) is 21.3. The smallest absolute Gasteiger partial charge is 0.274 e. The van der Waals surface area contributed by atoms with E-state index in [-0.39, 0.29) is 5.91 Å². The summed E-state index contributed by atoms with van der Waals surface area (Å²) in [5, 5.41) is 5.07. The highest BCUT2D eigenvalue weighted by molar-refractivity contribution is 7.98. The minimum atomic E-state index is 0.0668. The second kappa shape index (κ2) is 10.6. The van der Waals surface area contributed by atoms with Gasteiger partial charge in [0.25, 0.3) is 5.91 Å². The fraction of sp³-hybridized carbons (Fsp3) is 0.630. The number of morpholine rings is 1. The van der Waals surface area contributed by atoms with Crippen molar-refractivity contribution in [3.8, 4) is 11.3 Å². The lowest BCUT2D eigenvalue weighted by atomic mass is 9.95. The van der Waals surface area contributed by atoms with Gasteiger partial charge in [0.05, 0.1) is 24.9 Å². The van der Waals surface area contributed by atoms with Crippen LogP contribution in [0.1, 0.15) is 54.2 Å². The first-order chi connectivity index (χ1) is 17.3. The lowest BCUT2D eigenvalue weighted by Crippen LogP contribution is -2.41. The third-order valence-electron chi connectivity index (χ3n) is 8.12. The van der Waals surface area contributed by atoms with E-state index in [0.717, 1.165) is 56.4 Å². The Balaban J connectivity index is 1.22. The molecule has 1 aromatic carbocycles. The number of amides is 1. The second-order valence-electron chi connectivity index (χ2n) is 10.2. The summed E-state index contributed by atoms with van der Waals surface area (Å²) in [6.07, 6.45) is 5.89. The van der Waals surface area contributed by atoms with Crippen molar-refractivity contribution in [2.24, 2.45) is 5.92 Å². The van der Waals surface area contributed by atoms with Crippen LogP contribution in [0, 0.1) is 5.92 Å². The van der Waals surface area contributed by atoms with E-state index in [2.05, 4.69) is 33.8 Å². The minimum absolute atomic E-state index is 0.0668. The van der Waals surface area contributed by atoms with Crippen LogP contribution in [0.5, 0.6) is 0 Å². The molecule has 35 heavy (non-hydrogen) atoms. The Morgan fingerprint density at radius 2 is 1.71 bits per heavy atom. The predicted molar refractivity (Wildman–Crippen MR) is 137 cm³/mol. The summed E-state index contributed by atoms with van der Waals surface area (Å²) < 4.78 is 13.2. The first kappa shape index (κ1) is 23.5. The van der Waals surface area contributed by atoms with Gasteiger partial charge in [-0.05, 0) is 50.6 Å². The van der Waals surface area contributed by atoms with E-state index in [4.69, 9.17) is 14.6 Å². The summed E-state index contributed by atoms with van der Waals surface area (Å²) in [6.45, 7) is 7.78. The van der Waals surface area contributed by atoms with Gasteiger partial charge in [-0.3, -0.25) is 9.48 Å². The summed E-state index contributed by atoms with van der Waals surface area (Å²) in [5.41, 5.74) is 4.18. The van der Waals surface area contributed by atoms with Gasteiger partial charge in [0.2, 0.25) is 0 Å². The Bertz CT molecular complexity index is 1040. The fourth-order valence-corrected chi connectivity index (χ4v) is 7.04. The summed E-state index contributed by atoms with van der Waals surface area (Å²) in [6, 6.07) is 8.95. The molecule has 6 rings (SSSR count). The number of rotatable bonds is 5. The molecule has 3 fully saturated rings. The molecule has 4 aliphatic heterocycles. The number of benzene rings is 1. The number of likely N-dealkylation sites (tertiary alicyclic amines) is 1. The Labute approximate surface area is 212 Å². The average molecular weight is 497 g/mol. The van der Waals surface area contributed by atoms with Gasteiger partial charge in [-0.2, -0.15) is 5.10 Å². The molecule has 4 aliphatic rings. The van der Waals surface area contributed by atoms with E-state index >= 15 is 0 Å². The number of ether oxygens (including phenoxy) is 2. The van der Waals surface area contributed by atoms with Gasteiger partial charge in [-0.25, -0.2) is 0 Å². The standard InChI is InChI=1S/C27H36N4O3S/c32-27(30-13-17-34-18-14-30)25-23-19-35-24-4-2-1-3-22(24)26(23)31(28-25)21-6-11-29(12-7-21)10-5-20-8-15-33-16-9-20/h1-4,20-21H,5-19H2. The monoisotopic (exact) mass is 496 g/mol. The van der Waals surface area contributed by atoms with Gasteiger partial charge in [-0.15, -0.1) is 11.8 Å². The lowest BCUT2D eigenvalue weighted by Gasteiger charge is -2.34. The third-order valence-corrected chi connectivity index (χ3v) is 9.22. The number of nitrogens with zero attached hydrogens (tertiary/aromatic N) is 4. The number of thioether (sulfide) groups is 1. The van der Waals surface area contributed by atoms with Gasteiger partial charge < -0.3 is 19.3 Å². The molecule has 1 aromatic heterocycles. The number of fused-ring (bicyclic) bond motifs is 3. The van der Waals surface area contributed by atoms with Gasteiger partial charge in [0.15, 0.2) is 5.69 Å². The van der Waals surface area contributed by atoms with Crippen molar-refractivity contribution in [1.29, 1.82) is 0 Å². The molecule has 1 amide bonds. The van der Waals surface area contributed by atoms with Crippen molar-refractivity contribution in [3.05, 3.63) is 35.5 Å². The van der Waals surface area contributed by atoms with Gasteiger partial charge in [0, 0.05) is 61.2 Å². The summed E-state index contributed by atoms with van der Waals surface area (Å²) in [7, 11) is 0. The minimum Gasteiger partial charge on any atom is -0.381 e. The van der Waals surface area contributed by atoms with E-state index < -0.39 is 0 Å². The van der Waals surface area contributed by atoms with Crippen LogP contribution < -0.4 is 0 Å². The number of carbonyl (C=O) groups is 1. The van der Waals surface area contributed by atoms with Crippen molar-refractivity contribution in [2.45, 2.75) is 48.8 Å². The molecule has 188 valence electrons. The predicted octanol–water partition coefficient (Wildman–Crippen LogP) is 4.08. The molecule has 0 saturated carbocycles. The zero-order chi connectivity index (χ0) is 23.6. The van der Waals surface area contributed by atoms with E-state index in [1.54, 1.807) is 0 Å². The van der Waals surface area contributed by atoms with Gasteiger partial charge in [-0.1, -0.05) is 18.2 Å². The van der Waals surface area contributed by atoms with Crippen molar-refractivity contribution in [2.75, 3.05) is 59.2 Å². The van der Waals surface area contributed by atoms with E-state index in [0.29, 0.717) is 38.0 Å². The second-order valence-corrected chi connectivity index (χ2v) is 11.2. The number of hydrogen-bond acceptors (Lipinski definition) is 6. The molecule has 5 heterocycles. The van der Waals surface area contributed by atoms with Crippen LogP contribution in [-0.4, -0.2) is 84.6 Å². The maximum atomic E-state index is 13.5. The number of carbonyl (C=O) groups excluding carboxylic acids is 1. The molecule has 7 nitrogen and oxygen atoms in total. The zero-order valence-electron chi connectivity index (χ0n) is 20.5. The van der Waals surface area contributed by atoms with Crippen molar-refractivity contribution in [1.82, 2.24) is 19.6 Å². The quantitative estimate of drug-likeness (QED) is 0.622. The van der Waals surface area contributed by atoms with Crippen LogP contribution in [0.25, 0.3) is 11.3 Å². The molecule has 0 atom stereocenters. The molecule has 0 spiro atoms. The molecule has 0 N–H and O–H groups in total. The topological polar surface area (TPSA) is 59.8 Å². The Hall–Kier alpha value is -1.87. The number of piperidine rings is 1. The fourth-order valence-electron chi connectivity index (χ4n) is 5.97. The van der Waals surface area contributed by atoms with Crippen LogP contribution in [0.3, 0.4) is 0 Å². The first-order valence-electron chi connectivity index (χ1n) is 13.3. The Kier molecular flexibility index (Phi) is 7.14. The highest BCUT2D eigenvalue weighted by atomic mass is 32.2. The highest BCUT2D eigenvalue weighted by Gasteiger charge is 2.34. The van der Waals surface area contributed by atoms with E-state index in [1.165, 1.54) is 42.0 Å². The SMILES string of the molecule is O=C(c1nn(C2CCN(CCC3CCOCC3)CC2)c2c1CSc1ccccc1-2)N1CCOCC1. The van der Waals surface area contributed by atoms with Crippen molar-refractivity contribution in [3.63, 3.8) is 0 Å². The first-order valence-corrected chi connectivity index (χ1v) is 14.3. The average Bonchev–Trinajstić information content (AvgIpc) is 3.33. The van der Waals surface area contributed by atoms with Crippen LogP contribution in [0.4, 0.5) is 0 Å². The van der Waals surface area contributed by atoms with Gasteiger partial charge in [0.1, 0.15) is 0 Å². The maximum absolute atomic E-state index is 13.5. The Morgan fingerprint density at radius 1 is 0.971 bits per heavy atom. The van der Waals surface area contributed by atoms with Crippen LogP contribution in [-0.2, 0) is 15.2 Å². The van der Waals surface area contributed by atoms with E-state index in [1.807, 2.05) is 16.7 Å². The molecule has 0 radical (unpaired) electrons. The van der Waals surface area contributed by atoms with Crippen LogP contribution in [0.15, 0.2) is 29.2 Å². The molecule has 0 bridgehead atoms. The van der Waals surface area contributed by atoms with E-state index in [9.17, 15) is 4.79 Å². The molecule has 2 aromatic rings. The maximum Gasteiger partial charge on any atom is 0.274 e. The summed E-state index contributed by atoms with van der Waals surface area (Å²) in [5.74, 6) is 1.70. The molecular formula is C27H36N4O3S. The summed E-state index contributed by atoms with van der Waals surface area (Å²) in [4.78, 5) is 19.4. The van der Waals surface area contributed by atoms with Crippen LogP contribution in [0.2, 0.25) is 0 Å². The number of hydrogen-bond donors (Lipinski definition) is 0. The Morgan fingerprint density at radius 3 is 2.51 bits per heavy atom. The summed E-state index contributed by atoms with van der Waals surface area (Å²) >= 11 is 1.82. The lowest BCUT2D eigenvalue weighted by molar-refractivity contribution is 0.0297. The number of aromatic nitrogens is 2.